The number of benzene rings is 1. The molecular weight excluding hydrogens is 374 g/mol. The summed E-state index contributed by atoms with van der Waals surface area (Å²) >= 11 is 1.97. The third kappa shape index (κ3) is 2.36. The third-order valence-electron chi connectivity index (χ3n) is 2.75. The van der Waals surface area contributed by atoms with Crippen molar-refractivity contribution >= 4 is 39.7 Å². The van der Waals surface area contributed by atoms with Crippen molar-refractivity contribution in [1.82, 2.24) is 14.6 Å². The number of carbonyl (C=O) groups is 1. The lowest BCUT2D eigenvalue weighted by Gasteiger charge is -2.06. The van der Waals surface area contributed by atoms with Crippen LogP contribution >= 0.6 is 22.6 Å². The van der Waals surface area contributed by atoms with Crippen LogP contribution in [0.25, 0.3) is 5.52 Å². The van der Waals surface area contributed by atoms with Crippen LogP contribution in [-0.2, 0) is 0 Å². The number of hydrogen-bond donors (Lipinski definition) is 1. The topological polar surface area (TPSA) is 59.3 Å². The third-order valence-corrected chi connectivity index (χ3v) is 3.64. The molecular formula is C13H8FIN4O. The van der Waals surface area contributed by atoms with Crippen molar-refractivity contribution in [2.75, 3.05) is 5.32 Å². The minimum Gasteiger partial charge on any atom is -0.321 e. The lowest BCUT2D eigenvalue weighted by atomic mass is 10.2. The number of amides is 1. The molecule has 20 heavy (non-hydrogen) atoms. The van der Waals surface area contributed by atoms with Crippen molar-refractivity contribution in [3.05, 3.63) is 57.9 Å². The zero-order chi connectivity index (χ0) is 14.1. The van der Waals surface area contributed by atoms with Crippen LogP contribution in [0.1, 0.15) is 10.4 Å². The second kappa shape index (κ2) is 5.16. The Morgan fingerprint density at radius 2 is 2.20 bits per heavy atom. The summed E-state index contributed by atoms with van der Waals surface area (Å²) in [6.07, 6.45) is 6.29. The molecule has 0 aliphatic heterocycles. The first kappa shape index (κ1) is 13.0. The predicted octanol–water partition coefficient (Wildman–Crippen LogP) is 2.73. The number of aromatic nitrogens is 3. The molecule has 0 atom stereocenters. The SMILES string of the molecule is O=C(Nc1ccc(F)cc1I)c1cnn2ccncc12. The van der Waals surface area contributed by atoms with Gasteiger partial charge in [-0.15, -0.1) is 0 Å². The molecule has 3 aromatic rings. The fraction of sp³-hybridized carbons (Fsp3) is 0. The fourth-order valence-electron chi connectivity index (χ4n) is 1.79. The summed E-state index contributed by atoms with van der Waals surface area (Å²) in [5, 5.41) is 6.81. The Bertz CT molecular complexity index is 802. The fourth-order valence-corrected chi connectivity index (χ4v) is 2.40. The van der Waals surface area contributed by atoms with Crippen molar-refractivity contribution in [2.45, 2.75) is 0 Å². The maximum absolute atomic E-state index is 13.0. The van der Waals surface area contributed by atoms with Gasteiger partial charge < -0.3 is 5.32 Å². The van der Waals surface area contributed by atoms with Gasteiger partial charge in [-0.1, -0.05) is 0 Å². The first-order chi connectivity index (χ1) is 9.65. The molecule has 1 amide bonds. The molecule has 0 saturated heterocycles. The molecule has 1 N–H and O–H groups in total. The highest BCUT2D eigenvalue weighted by Gasteiger charge is 2.14. The van der Waals surface area contributed by atoms with E-state index >= 15 is 0 Å². The van der Waals surface area contributed by atoms with Crippen LogP contribution in [0.4, 0.5) is 10.1 Å². The number of carbonyl (C=O) groups excluding carboxylic acids is 1. The van der Waals surface area contributed by atoms with Gasteiger partial charge in [-0.05, 0) is 40.8 Å². The summed E-state index contributed by atoms with van der Waals surface area (Å²) in [6.45, 7) is 0. The molecule has 0 unspecified atom stereocenters. The smallest absolute Gasteiger partial charge is 0.259 e. The summed E-state index contributed by atoms with van der Waals surface area (Å²) in [6, 6.07) is 4.18. The van der Waals surface area contributed by atoms with Gasteiger partial charge in [-0.3, -0.25) is 9.78 Å². The van der Waals surface area contributed by atoms with E-state index in [1.165, 1.54) is 24.4 Å². The Balaban J connectivity index is 1.93. The monoisotopic (exact) mass is 382 g/mol. The van der Waals surface area contributed by atoms with E-state index < -0.39 is 0 Å². The minimum atomic E-state index is -0.340. The molecule has 0 spiro atoms. The van der Waals surface area contributed by atoms with Crippen LogP contribution < -0.4 is 5.32 Å². The van der Waals surface area contributed by atoms with E-state index in [1.807, 2.05) is 22.6 Å². The van der Waals surface area contributed by atoms with E-state index in [2.05, 4.69) is 15.4 Å². The molecule has 2 aromatic heterocycles. The zero-order valence-electron chi connectivity index (χ0n) is 10.0. The van der Waals surface area contributed by atoms with E-state index in [0.717, 1.165) is 0 Å². The second-order valence-corrected chi connectivity index (χ2v) is 5.20. The van der Waals surface area contributed by atoms with Gasteiger partial charge in [0.2, 0.25) is 0 Å². The van der Waals surface area contributed by atoms with Crippen LogP contribution in [-0.4, -0.2) is 20.5 Å². The number of halogens is 2. The number of nitrogens with zero attached hydrogens (tertiary/aromatic N) is 3. The average Bonchev–Trinajstić information content (AvgIpc) is 2.86. The normalized spacial score (nSPS) is 10.7. The second-order valence-electron chi connectivity index (χ2n) is 4.04. The van der Waals surface area contributed by atoms with Gasteiger partial charge in [0.1, 0.15) is 5.82 Å². The molecule has 0 aliphatic rings. The number of anilines is 1. The van der Waals surface area contributed by atoms with Gasteiger partial charge in [-0.25, -0.2) is 8.91 Å². The quantitative estimate of drug-likeness (QED) is 0.694. The summed E-state index contributed by atoms with van der Waals surface area (Å²) in [4.78, 5) is 16.2. The van der Waals surface area contributed by atoms with Gasteiger partial charge in [0.25, 0.3) is 5.91 Å². The van der Waals surface area contributed by atoms with Crippen molar-refractivity contribution < 1.29 is 9.18 Å². The van der Waals surface area contributed by atoms with Crippen LogP contribution in [0.3, 0.4) is 0 Å². The summed E-state index contributed by atoms with van der Waals surface area (Å²) in [7, 11) is 0. The molecule has 0 aliphatic carbocycles. The van der Waals surface area contributed by atoms with Gasteiger partial charge in [0.15, 0.2) is 0 Å². The van der Waals surface area contributed by atoms with E-state index in [4.69, 9.17) is 0 Å². The Hall–Kier alpha value is -2.03. The Morgan fingerprint density at radius 1 is 1.35 bits per heavy atom. The molecule has 3 rings (SSSR count). The van der Waals surface area contributed by atoms with Crippen molar-refractivity contribution in [2.24, 2.45) is 0 Å². The number of nitrogens with one attached hydrogen (secondary N) is 1. The Labute approximate surface area is 127 Å². The van der Waals surface area contributed by atoms with Crippen LogP contribution in [0.5, 0.6) is 0 Å². The van der Waals surface area contributed by atoms with Crippen LogP contribution in [0.15, 0.2) is 43.0 Å². The molecule has 2 heterocycles. The van der Waals surface area contributed by atoms with E-state index in [0.29, 0.717) is 20.3 Å². The first-order valence-electron chi connectivity index (χ1n) is 5.69. The van der Waals surface area contributed by atoms with Crippen molar-refractivity contribution in [3.63, 3.8) is 0 Å². The van der Waals surface area contributed by atoms with Gasteiger partial charge in [0.05, 0.1) is 29.2 Å². The zero-order valence-corrected chi connectivity index (χ0v) is 12.2. The number of hydrogen-bond acceptors (Lipinski definition) is 3. The molecule has 0 bridgehead atoms. The predicted molar refractivity (Wildman–Crippen MR) is 80.1 cm³/mol. The maximum atomic E-state index is 13.0. The first-order valence-corrected chi connectivity index (χ1v) is 6.77. The molecule has 1 aromatic carbocycles. The Morgan fingerprint density at radius 3 is 3.00 bits per heavy atom. The standard InChI is InChI=1S/C13H8FIN4O/c14-8-1-2-11(10(15)5-8)18-13(20)9-6-17-19-4-3-16-7-12(9)19/h1-7H,(H,18,20). The maximum Gasteiger partial charge on any atom is 0.259 e. The number of fused-ring (bicyclic) bond motifs is 1. The lowest BCUT2D eigenvalue weighted by Crippen LogP contribution is -2.12. The van der Waals surface area contributed by atoms with Gasteiger partial charge in [0, 0.05) is 16.0 Å². The molecule has 7 heteroatoms. The highest BCUT2D eigenvalue weighted by molar-refractivity contribution is 14.1. The molecule has 0 fully saturated rings. The van der Waals surface area contributed by atoms with E-state index in [-0.39, 0.29) is 11.7 Å². The largest absolute Gasteiger partial charge is 0.321 e. The summed E-state index contributed by atoms with van der Waals surface area (Å²) < 4.78 is 15.2. The van der Waals surface area contributed by atoms with Gasteiger partial charge >= 0.3 is 0 Å². The average molecular weight is 382 g/mol. The highest BCUT2D eigenvalue weighted by atomic mass is 127. The van der Waals surface area contributed by atoms with Crippen LogP contribution in [0.2, 0.25) is 0 Å². The van der Waals surface area contributed by atoms with Gasteiger partial charge in [-0.2, -0.15) is 5.10 Å². The van der Waals surface area contributed by atoms with Crippen molar-refractivity contribution in [3.8, 4) is 0 Å². The summed E-state index contributed by atoms with van der Waals surface area (Å²) in [5.41, 5.74) is 1.58. The molecule has 5 nitrogen and oxygen atoms in total. The Kier molecular flexibility index (Phi) is 3.35. The molecule has 0 saturated carbocycles. The van der Waals surface area contributed by atoms with E-state index in [9.17, 15) is 9.18 Å². The van der Waals surface area contributed by atoms with E-state index in [1.54, 1.807) is 23.1 Å². The molecule has 100 valence electrons. The molecule has 0 radical (unpaired) electrons. The lowest BCUT2D eigenvalue weighted by molar-refractivity contribution is 0.102. The van der Waals surface area contributed by atoms with Crippen molar-refractivity contribution in [1.29, 1.82) is 0 Å². The summed E-state index contributed by atoms with van der Waals surface area (Å²) in [5.74, 6) is -0.648. The number of rotatable bonds is 2. The van der Waals surface area contributed by atoms with Crippen LogP contribution in [0, 0.1) is 9.39 Å². The highest BCUT2D eigenvalue weighted by Crippen LogP contribution is 2.20. The minimum absolute atomic E-state index is 0.308.